The van der Waals surface area contributed by atoms with Gasteiger partial charge in [-0.2, -0.15) is 0 Å². The third kappa shape index (κ3) is 3.85. The van der Waals surface area contributed by atoms with E-state index < -0.39 is 0 Å². The molecule has 0 bridgehead atoms. The highest BCUT2D eigenvalue weighted by Gasteiger charge is 2.43. The van der Waals surface area contributed by atoms with E-state index in [4.69, 9.17) is 0 Å². The fraction of sp³-hybridized carbons (Fsp3) is 0.632. The second kappa shape index (κ2) is 7.66. The van der Waals surface area contributed by atoms with Gasteiger partial charge in [-0.25, -0.2) is 9.97 Å². The van der Waals surface area contributed by atoms with Crippen LogP contribution >= 0.6 is 23.1 Å². The normalized spacial score (nSPS) is 28.1. The van der Waals surface area contributed by atoms with Crippen molar-refractivity contribution in [1.29, 1.82) is 0 Å². The lowest BCUT2D eigenvalue weighted by molar-refractivity contribution is -0.127. The molecular formula is C19H26N4O2S2. The number of carbonyl (C=O) groups is 1. The van der Waals surface area contributed by atoms with Crippen molar-refractivity contribution in [2.45, 2.75) is 36.9 Å². The molecule has 2 fully saturated rings. The van der Waals surface area contributed by atoms with E-state index >= 15 is 0 Å². The fourth-order valence-corrected chi connectivity index (χ4v) is 6.24. The number of nitrogens with zero attached hydrogens (tertiary/aromatic N) is 4. The molecule has 4 atom stereocenters. The Morgan fingerprint density at radius 3 is 2.81 bits per heavy atom. The largest absolute Gasteiger partial charge is 0.391 e. The van der Waals surface area contributed by atoms with E-state index in [2.05, 4.69) is 27.9 Å². The zero-order valence-corrected chi connectivity index (χ0v) is 17.6. The number of likely N-dealkylation sites (N-methyl/N-ethyl adjacent to an activating group) is 1. The molecule has 8 heteroatoms. The Hall–Kier alpha value is -1.22. The van der Waals surface area contributed by atoms with E-state index in [1.165, 1.54) is 16.6 Å². The monoisotopic (exact) mass is 406 g/mol. The predicted molar refractivity (Wildman–Crippen MR) is 109 cm³/mol. The number of aliphatic hydroxyl groups excluding tert-OH is 1. The summed E-state index contributed by atoms with van der Waals surface area (Å²) in [5, 5.41) is 12.3. The lowest BCUT2D eigenvalue weighted by Gasteiger charge is -2.38. The summed E-state index contributed by atoms with van der Waals surface area (Å²) >= 11 is 3.16. The quantitative estimate of drug-likeness (QED) is 0.620. The molecule has 6 nitrogen and oxygen atoms in total. The number of rotatable bonds is 4. The number of aromatic nitrogens is 2. The van der Waals surface area contributed by atoms with Crippen LogP contribution in [-0.4, -0.2) is 75.9 Å². The molecule has 146 valence electrons. The molecule has 0 spiro atoms. The summed E-state index contributed by atoms with van der Waals surface area (Å²) in [6.45, 7) is 3.66. The van der Waals surface area contributed by atoms with Crippen molar-refractivity contribution in [1.82, 2.24) is 19.8 Å². The lowest BCUT2D eigenvalue weighted by atomic mass is 9.77. The number of aliphatic hydroxyl groups is 1. The maximum atomic E-state index is 12.8. The molecule has 2 aliphatic rings. The molecule has 1 aliphatic heterocycles. The molecule has 2 aromatic heterocycles. The van der Waals surface area contributed by atoms with Crippen molar-refractivity contribution in [3.63, 3.8) is 0 Å². The van der Waals surface area contributed by atoms with Gasteiger partial charge >= 0.3 is 0 Å². The van der Waals surface area contributed by atoms with Crippen molar-refractivity contribution < 1.29 is 9.90 Å². The van der Waals surface area contributed by atoms with E-state index in [-0.39, 0.29) is 18.1 Å². The number of thioether (sulfide) groups is 1. The van der Waals surface area contributed by atoms with Crippen LogP contribution in [0.1, 0.15) is 17.7 Å². The van der Waals surface area contributed by atoms with E-state index in [1.807, 2.05) is 19.0 Å². The van der Waals surface area contributed by atoms with Gasteiger partial charge in [0, 0.05) is 29.4 Å². The smallest absolute Gasteiger partial charge is 0.233 e. The Bertz CT molecular complexity index is 840. The summed E-state index contributed by atoms with van der Waals surface area (Å²) in [6.07, 6.45) is 3.06. The number of hydrogen-bond acceptors (Lipinski definition) is 7. The topological polar surface area (TPSA) is 69.6 Å². The van der Waals surface area contributed by atoms with Gasteiger partial charge in [-0.1, -0.05) is 11.8 Å². The fourth-order valence-electron chi connectivity index (χ4n) is 4.46. The Morgan fingerprint density at radius 1 is 1.33 bits per heavy atom. The molecule has 2 aromatic rings. The highest BCUT2D eigenvalue weighted by Crippen LogP contribution is 2.38. The zero-order chi connectivity index (χ0) is 19.1. The van der Waals surface area contributed by atoms with E-state index in [0.29, 0.717) is 17.6 Å². The van der Waals surface area contributed by atoms with E-state index in [0.717, 1.165) is 41.2 Å². The van der Waals surface area contributed by atoms with Gasteiger partial charge in [-0.05, 0) is 51.8 Å². The molecule has 3 heterocycles. The minimum absolute atomic E-state index is 0.170. The van der Waals surface area contributed by atoms with Crippen molar-refractivity contribution in [2.75, 3.05) is 32.9 Å². The summed E-state index contributed by atoms with van der Waals surface area (Å²) in [6, 6.07) is 2.30. The lowest BCUT2D eigenvalue weighted by Crippen LogP contribution is -2.46. The average molecular weight is 407 g/mol. The van der Waals surface area contributed by atoms with Crippen LogP contribution in [0.2, 0.25) is 0 Å². The minimum atomic E-state index is -0.290. The van der Waals surface area contributed by atoms with Crippen LogP contribution in [0.5, 0.6) is 0 Å². The Morgan fingerprint density at radius 2 is 2.07 bits per heavy atom. The summed E-state index contributed by atoms with van der Waals surface area (Å²) < 4.78 is 0. The maximum absolute atomic E-state index is 12.8. The number of carbonyl (C=O) groups excluding carboxylic acids is 1. The van der Waals surface area contributed by atoms with Crippen molar-refractivity contribution >= 4 is 39.2 Å². The molecule has 1 amide bonds. The Kier molecular flexibility index (Phi) is 5.42. The Balaban J connectivity index is 1.38. The molecule has 1 N–H and O–H groups in total. The number of aryl methyl sites for hydroxylation is 1. The first kappa shape index (κ1) is 19.1. The summed E-state index contributed by atoms with van der Waals surface area (Å²) in [5.74, 6) is 1.50. The number of fused-ring (bicyclic) bond motifs is 2. The second-order valence-corrected chi connectivity index (χ2v) is 10.1. The van der Waals surface area contributed by atoms with Crippen LogP contribution in [0, 0.1) is 18.8 Å². The van der Waals surface area contributed by atoms with Crippen LogP contribution < -0.4 is 0 Å². The van der Waals surface area contributed by atoms with Gasteiger partial charge in [0.05, 0.1) is 11.9 Å². The van der Waals surface area contributed by atoms with Crippen molar-refractivity contribution in [2.24, 2.45) is 11.8 Å². The highest BCUT2D eigenvalue weighted by atomic mass is 32.2. The number of likely N-dealkylation sites (tertiary alicyclic amines) is 1. The molecular weight excluding hydrogens is 380 g/mol. The van der Waals surface area contributed by atoms with Gasteiger partial charge in [-0.3, -0.25) is 4.79 Å². The van der Waals surface area contributed by atoms with Gasteiger partial charge < -0.3 is 14.9 Å². The minimum Gasteiger partial charge on any atom is -0.391 e. The third-order valence-corrected chi connectivity index (χ3v) is 7.82. The Labute approximate surface area is 168 Å². The van der Waals surface area contributed by atoms with Gasteiger partial charge in [-0.15, -0.1) is 11.3 Å². The standard InChI is InChI=1S/C19H26N4O2S2/c1-11-4-14-18(20-10-21-19(14)27-11)26-9-17(25)23-7-12-5-15(22(2)3)16(24)6-13(12)8-23/h4,10,12-13,15-16,24H,5-9H2,1-3H3/t12-,13+,15-,16-/m1/s1. The first-order chi connectivity index (χ1) is 12.9. The molecule has 0 radical (unpaired) electrons. The first-order valence-electron chi connectivity index (χ1n) is 9.38. The first-order valence-corrected chi connectivity index (χ1v) is 11.2. The van der Waals surface area contributed by atoms with Crippen LogP contribution in [0.15, 0.2) is 17.4 Å². The van der Waals surface area contributed by atoms with Crippen molar-refractivity contribution in [3.8, 4) is 0 Å². The van der Waals surface area contributed by atoms with Crippen LogP contribution in [0.3, 0.4) is 0 Å². The highest BCUT2D eigenvalue weighted by molar-refractivity contribution is 8.00. The van der Waals surface area contributed by atoms with Gasteiger partial charge in [0.1, 0.15) is 16.2 Å². The van der Waals surface area contributed by atoms with Crippen LogP contribution in [-0.2, 0) is 4.79 Å². The molecule has 0 unspecified atom stereocenters. The average Bonchev–Trinajstić information content (AvgIpc) is 3.20. The SMILES string of the molecule is Cc1cc2c(SCC(=O)N3C[C@H]4C[C@@H](N(C)C)[C@H](O)C[C@H]4C3)ncnc2s1. The van der Waals surface area contributed by atoms with Gasteiger partial charge in [0.2, 0.25) is 5.91 Å². The summed E-state index contributed by atoms with van der Waals surface area (Å²) in [5.41, 5.74) is 0. The van der Waals surface area contributed by atoms with Crippen LogP contribution in [0.25, 0.3) is 10.2 Å². The van der Waals surface area contributed by atoms with Crippen molar-refractivity contribution in [3.05, 3.63) is 17.3 Å². The predicted octanol–water partition coefficient (Wildman–Crippen LogP) is 2.25. The van der Waals surface area contributed by atoms with Gasteiger partial charge in [0.15, 0.2) is 0 Å². The molecule has 27 heavy (non-hydrogen) atoms. The van der Waals surface area contributed by atoms with E-state index in [9.17, 15) is 9.90 Å². The summed E-state index contributed by atoms with van der Waals surface area (Å²) in [7, 11) is 4.05. The number of hydrogen-bond donors (Lipinski definition) is 1. The maximum Gasteiger partial charge on any atom is 0.233 e. The van der Waals surface area contributed by atoms with Gasteiger partial charge in [0.25, 0.3) is 0 Å². The third-order valence-electron chi connectivity index (χ3n) is 5.87. The molecule has 1 saturated carbocycles. The second-order valence-electron chi connectivity index (χ2n) is 7.93. The zero-order valence-electron chi connectivity index (χ0n) is 16.0. The molecule has 1 saturated heterocycles. The number of thiophene rings is 1. The molecule has 1 aliphatic carbocycles. The number of amides is 1. The van der Waals surface area contributed by atoms with E-state index in [1.54, 1.807) is 17.7 Å². The molecule has 4 rings (SSSR count). The van der Waals surface area contributed by atoms with Crippen LogP contribution in [0.4, 0.5) is 0 Å². The molecule has 0 aromatic carbocycles. The summed E-state index contributed by atoms with van der Waals surface area (Å²) in [4.78, 5) is 27.8.